The number of benzene rings is 1. The molecule has 27 heavy (non-hydrogen) atoms. The lowest BCUT2D eigenvalue weighted by Gasteiger charge is -2.13. The number of aromatic nitrogens is 3. The maximum Gasteiger partial charge on any atom is 0.191 e. The Balaban J connectivity index is 1.94. The molecule has 0 spiro atoms. The molecule has 0 amide bonds. The molecule has 2 rings (SSSR count). The van der Waals surface area contributed by atoms with Gasteiger partial charge in [0.1, 0.15) is 18.1 Å². The van der Waals surface area contributed by atoms with Crippen molar-refractivity contribution in [3.8, 4) is 5.75 Å². The molecule has 0 saturated heterocycles. The highest BCUT2D eigenvalue weighted by atomic mass is 16.5. The van der Waals surface area contributed by atoms with Gasteiger partial charge in [0, 0.05) is 33.9 Å². The Morgan fingerprint density at radius 1 is 1.15 bits per heavy atom. The predicted molar refractivity (Wildman–Crippen MR) is 106 cm³/mol. The molecule has 0 fully saturated rings. The van der Waals surface area contributed by atoms with Crippen molar-refractivity contribution in [2.45, 2.75) is 26.3 Å². The van der Waals surface area contributed by atoms with Gasteiger partial charge in [-0.3, -0.25) is 0 Å². The zero-order valence-electron chi connectivity index (χ0n) is 16.7. The van der Waals surface area contributed by atoms with Crippen LogP contribution < -0.4 is 15.4 Å². The Bertz CT molecular complexity index is 729. The predicted octanol–water partition coefficient (Wildman–Crippen LogP) is 1.45. The molecule has 0 atom stereocenters. The van der Waals surface area contributed by atoms with Crippen molar-refractivity contribution in [1.82, 2.24) is 25.4 Å². The first-order chi connectivity index (χ1) is 13.2. The van der Waals surface area contributed by atoms with E-state index in [0.717, 1.165) is 54.9 Å². The van der Waals surface area contributed by atoms with E-state index >= 15 is 0 Å². The van der Waals surface area contributed by atoms with Crippen LogP contribution in [0.25, 0.3) is 0 Å². The monoisotopic (exact) mass is 374 g/mol. The van der Waals surface area contributed by atoms with Crippen LogP contribution in [0.2, 0.25) is 0 Å². The summed E-state index contributed by atoms with van der Waals surface area (Å²) in [6.45, 7) is 4.63. The number of hydrogen-bond acceptors (Lipinski definition) is 5. The standard InChI is InChI=1S/C19H30N6O2/c1-15-23-24-18(25(15)2)14-22-19(20-11-7-13-26-3)21-12-10-16-8-5-6-9-17(16)27-4/h5-6,8-9H,7,10-14H2,1-4H3,(H2,20,21,22). The molecule has 2 N–H and O–H groups in total. The summed E-state index contributed by atoms with van der Waals surface area (Å²) in [6.07, 6.45) is 1.75. The summed E-state index contributed by atoms with van der Waals surface area (Å²) in [5.74, 6) is 3.36. The molecular formula is C19H30N6O2. The number of guanidine groups is 1. The molecule has 0 unspecified atom stereocenters. The highest BCUT2D eigenvalue weighted by Crippen LogP contribution is 2.17. The molecule has 2 aromatic rings. The third-order valence-electron chi connectivity index (χ3n) is 4.26. The molecule has 1 aromatic heterocycles. The van der Waals surface area contributed by atoms with Gasteiger partial charge in [-0.05, 0) is 31.4 Å². The highest BCUT2D eigenvalue weighted by molar-refractivity contribution is 5.79. The molecule has 0 radical (unpaired) electrons. The van der Waals surface area contributed by atoms with Gasteiger partial charge in [-0.25, -0.2) is 4.99 Å². The Kier molecular flexibility index (Phi) is 8.57. The molecule has 8 heteroatoms. The Morgan fingerprint density at radius 3 is 2.63 bits per heavy atom. The van der Waals surface area contributed by atoms with Crippen molar-refractivity contribution in [1.29, 1.82) is 0 Å². The van der Waals surface area contributed by atoms with Gasteiger partial charge in [0.15, 0.2) is 11.8 Å². The maximum atomic E-state index is 5.41. The number of rotatable bonds is 10. The van der Waals surface area contributed by atoms with Gasteiger partial charge < -0.3 is 24.7 Å². The van der Waals surface area contributed by atoms with Crippen molar-refractivity contribution < 1.29 is 9.47 Å². The molecule has 0 bridgehead atoms. The Labute approximate surface area is 161 Å². The first-order valence-corrected chi connectivity index (χ1v) is 9.13. The van der Waals surface area contributed by atoms with Crippen LogP contribution in [0.1, 0.15) is 23.6 Å². The lowest BCUT2D eigenvalue weighted by Crippen LogP contribution is -2.39. The fourth-order valence-corrected chi connectivity index (χ4v) is 2.56. The fraction of sp³-hybridized carbons (Fsp3) is 0.526. The van der Waals surface area contributed by atoms with Crippen molar-refractivity contribution in [3.63, 3.8) is 0 Å². The number of methoxy groups -OCH3 is 2. The number of aryl methyl sites for hydroxylation is 1. The second-order valence-corrected chi connectivity index (χ2v) is 6.15. The number of hydrogen-bond donors (Lipinski definition) is 2. The minimum Gasteiger partial charge on any atom is -0.496 e. The summed E-state index contributed by atoms with van der Waals surface area (Å²) < 4.78 is 12.5. The van der Waals surface area contributed by atoms with Gasteiger partial charge in [0.25, 0.3) is 0 Å². The molecule has 1 heterocycles. The summed E-state index contributed by atoms with van der Waals surface area (Å²) in [6, 6.07) is 8.05. The number of para-hydroxylation sites is 1. The van der Waals surface area contributed by atoms with Crippen LogP contribution >= 0.6 is 0 Å². The molecule has 148 valence electrons. The van der Waals surface area contributed by atoms with E-state index in [2.05, 4.69) is 31.9 Å². The molecule has 0 aliphatic carbocycles. The maximum absolute atomic E-state index is 5.41. The highest BCUT2D eigenvalue weighted by Gasteiger charge is 2.06. The van der Waals surface area contributed by atoms with E-state index in [1.807, 2.05) is 36.7 Å². The molecule has 1 aromatic carbocycles. The molecule has 0 saturated carbocycles. The normalized spacial score (nSPS) is 11.5. The van der Waals surface area contributed by atoms with E-state index in [1.165, 1.54) is 0 Å². The van der Waals surface area contributed by atoms with Crippen LogP contribution in [-0.2, 0) is 24.8 Å². The number of ether oxygens (including phenoxy) is 2. The van der Waals surface area contributed by atoms with Crippen LogP contribution in [0, 0.1) is 6.92 Å². The van der Waals surface area contributed by atoms with Crippen molar-refractivity contribution in [2.24, 2.45) is 12.0 Å². The van der Waals surface area contributed by atoms with Crippen molar-refractivity contribution in [2.75, 3.05) is 33.9 Å². The molecule has 0 aliphatic heterocycles. The van der Waals surface area contributed by atoms with Crippen molar-refractivity contribution >= 4 is 5.96 Å². The van der Waals surface area contributed by atoms with Crippen LogP contribution in [0.3, 0.4) is 0 Å². The van der Waals surface area contributed by atoms with Crippen LogP contribution in [0.5, 0.6) is 5.75 Å². The smallest absolute Gasteiger partial charge is 0.191 e. The lowest BCUT2D eigenvalue weighted by molar-refractivity contribution is 0.195. The Hall–Kier alpha value is -2.61. The number of nitrogens with zero attached hydrogens (tertiary/aromatic N) is 4. The summed E-state index contributed by atoms with van der Waals surface area (Å²) in [7, 11) is 5.34. The zero-order chi connectivity index (χ0) is 19.5. The van der Waals surface area contributed by atoms with E-state index in [0.29, 0.717) is 13.2 Å². The second-order valence-electron chi connectivity index (χ2n) is 6.15. The SMILES string of the molecule is COCCCNC(=NCc1nnc(C)n1C)NCCc1ccccc1OC. The van der Waals surface area contributed by atoms with Crippen LogP contribution in [0.15, 0.2) is 29.3 Å². The van der Waals surface area contributed by atoms with Crippen LogP contribution in [-0.4, -0.2) is 54.6 Å². The third-order valence-corrected chi connectivity index (χ3v) is 4.26. The first-order valence-electron chi connectivity index (χ1n) is 9.13. The third kappa shape index (κ3) is 6.56. The lowest BCUT2D eigenvalue weighted by atomic mass is 10.1. The molecule has 8 nitrogen and oxygen atoms in total. The van der Waals surface area contributed by atoms with Crippen LogP contribution in [0.4, 0.5) is 0 Å². The topological polar surface area (TPSA) is 85.6 Å². The largest absolute Gasteiger partial charge is 0.496 e. The van der Waals surface area contributed by atoms with Gasteiger partial charge in [0.05, 0.1) is 7.11 Å². The Morgan fingerprint density at radius 2 is 1.93 bits per heavy atom. The quantitative estimate of drug-likeness (QED) is 0.372. The summed E-state index contributed by atoms with van der Waals surface area (Å²) in [4.78, 5) is 4.64. The molecular weight excluding hydrogens is 344 g/mol. The van der Waals surface area contributed by atoms with Gasteiger partial charge in [-0.1, -0.05) is 18.2 Å². The second kappa shape index (κ2) is 11.2. The van der Waals surface area contributed by atoms with E-state index in [9.17, 15) is 0 Å². The minimum absolute atomic E-state index is 0.464. The van der Waals surface area contributed by atoms with E-state index < -0.39 is 0 Å². The summed E-state index contributed by atoms with van der Waals surface area (Å²) >= 11 is 0. The minimum atomic E-state index is 0.464. The first kappa shape index (κ1) is 20.7. The fourth-order valence-electron chi connectivity index (χ4n) is 2.56. The average Bonchev–Trinajstić information content (AvgIpc) is 3.01. The summed E-state index contributed by atoms with van der Waals surface area (Å²) in [5, 5.41) is 14.9. The van der Waals surface area contributed by atoms with Gasteiger partial charge in [-0.2, -0.15) is 0 Å². The van der Waals surface area contributed by atoms with E-state index in [4.69, 9.17) is 9.47 Å². The molecule has 0 aliphatic rings. The van der Waals surface area contributed by atoms with E-state index in [1.54, 1.807) is 14.2 Å². The van der Waals surface area contributed by atoms with Gasteiger partial charge in [-0.15, -0.1) is 10.2 Å². The van der Waals surface area contributed by atoms with E-state index in [-0.39, 0.29) is 0 Å². The number of nitrogens with one attached hydrogen (secondary N) is 2. The van der Waals surface area contributed by atoms with Gasteiger partial charge in [0.2, 0.25) is 0 Å². The van der Waals surface area contributed by atoms with Gasteiger partial charge >= 0.3 is 0 Å². The average molecular weight is 374 g/mol. The summed E-state index contributed by atoms with van der Waals surface area (Å²) in [5.41, 5.74) is 1.16. The van der Waals surface area contributed by atoms with Crippen molar-refractivity contribution in [3.05, 3.63) is 41.5 Å². The number of aliphatic imine (C=N–C) groups is 1. The zero-order valence-corrected chi connectivity index (χ0v) is 16.7.